The maximum absolute atomic E-state index is 13.2. The SMILES string of the molecule is CCN(C(=O)c1ccc(Oc2ccc(C(N)=O)cc2)cc1)C(C)c1ccc(F)cc1. The highest BCUT2D eigenvalue weighted by atomic mass is 19.1. The second-order valence-corrected chi connectivity index (χ2v) is 6.83. The van der Waals surface area contributed by atoms with Gasteiger partial charge in [0.2, 0.25) is 5.91 Å². The predicted molar refractivity (Wildman–Crippen MR) is 113 cm³/mol. The van der Waals surface area contributed by atoms with Crippen molar-refractivity contribution in [3.05, 3.63) is 95.3 Å². The summed E-state index contributed by atoms with van der Waals surface area (Å²) in [5.74, 6) is 0.193. The van der Waals surface area contributed by atoms with Crippen LogP contribution in [0.25, 0.3) is 0 Å². The molecular formula is C24H23FN2O3. The zero-order valence-corrected chi connectivity index (χ0v) is 16.8. The third kappa shape index (κ3) is 4.84. The van der Waals surface area contributed by atoms with Crippen LogP contribution in [0, 0.1) is 5.82 Å². The van der Waals surface area contributed by atoms with Crippen LogP contribution in [0.5, 0.6) is 11.5 Å². The van der Waals surface area contributed by atoms with Crippen LogP contribution in [0.3, 0.4) is 0 Å². The number of rotatable bonds is 7. The van der Waals surface area contributed by atoms with Crippen LogP contribution in [0.4, 0.5) is 4.39 Å². The van der Waals surface area contributed by atoms with Gasteiger partial charge in [-0.15, -0.1) is 0 Å². The highest BCUT2D eigenvalue weighted by Crippen LogP contribution is 2.25. The molecule has 0 aliphatic heterocycles. The second-order valence-electron chi connectivity index (χ2n) is 6.83. The summed E-state index contributed by atoms with van der Waals surface area (Å²) in [6.07, 6.45) is 0. The topological polar surface area (TPSA) is 72.6 Å². The Balaban J connectivity index is 1.71. The summed E-state index contributed by atoms with van der Waals surface area (Å²) < 4.78 is 18.9. The molecule has 154 valence electrons. The number of halogens is 1. The fourth-order valence-corrected chi connectivity index (χ4v) is 3.17. The van der Waals surface area contributed by atoms with E-state index in [0.717, 1.165) is 5.56 Å². The van der Waals surface area contributed by atoms with E-state index in [2.05, 4.69) is 0 Å². The lowest BCUT2D eigenvalue weighted by molar-refractivity contribution is 0.0702. The minimum absolute atomic E-state index is 0.119. The normalized spacial score (nSPS) is 11.6. The molecule has 3 rings (SSSR count). The molecule has 0 heterocycles. The molecule has 0 saturated heterocycles. The van der Waals surface area contributed by atoms with E-state index in [-0.39, 0.29) is 17.8 Å². The number of carbonyl (C=O) groups excluding carboxylic acids is 2. The Kier molecular flexibility index (Phi) is 6.47. The van der Waals surface area contributed by atoms with Gasteiger partial charge in [0, 0.05) is 17.7 Å². The Labute approximate surface area is 174 Å². The van der Waals surface area contributed by atoms with Gasteiger partial charge in [-0.1, -0.05) is 12.1 Å². The molecule has 2 N–H and O–H groups in total. The highest BCUT2D eigenvalue weighted by molar-refractivity contribution is 5.94. The van der Waals surface area contributed by atoms with Crippen molar-refractivity contribution in [1.29, 1.82) is 0 Å². The van der Waals surface area contributed by atoms with Gasteiger partial charge in [0.15, 0.2) is 0 Å². The van der Waals surface area contributed by atoms with Gasteiger partial charge in [0.25, 0.3) is 5.91 Å². The van der Waals surface area contributed by atoms with Crippen LogP contribution in [0.1, 0.15) is 46.2 Å². The number of hydrogen-bond donors (Lipinski definition) is 1. The zero-order valence-electron chi connectivity index (χ0n) is 16.8. The smallest absolute Gasteiger partial charge is 0.254 e. The predicted octanol–water partition coefficient (Wildman–Crippen LogP) is 4.94. The number of nitrogens with zero attached hydrogens (tertiary/aromatic N) is 1. The van der Waals surface area contributed by atoms with Crippen molar-refractivity contribution in [1.82, 2.24) is 4.90 Å². The summed E-state index contributed by atoms with van der Waals surface area (Å²) in [6.45, 7) is 4.34. The van der Waals surface area contributed by atoms with Gasteiger partial charge in [0.1, 0.15) is 17.3 Å². The minimum Gasteiger partial charge on any atom is -0.457 e. The van der Waals surface area contributed by atoms with E-state index >= 15 is 0 Å². The van der Waals surface area contributed by atoms with Crippen LogP contribution in [0.15, 0.2) is 72.8 Å². The van der Waals surface area contributed by atoms with Gasteiger partial charge in [-0.05, 0) is 80.1 Å². The van der Waals surface area contributed by atoms with E-state index in [9.17, 15) is 14.0 Å². The van der Waals surface area contributed by atoms with E-state index in [1.807, 2.05) is 13.8 Å². The largest absolute Gasteiger partial charge is 0.457 e. The third-order valence-electron chi connectivity index (χ3n) is 4.90. The van der Waals surface area contributed by atoms with E-state index in [1.165, 1.54) is 12.1 Å². The summed E-state index contributed by atoms with van der Waals surface area (Å²) >= 11 is 0. The Morgan fingerprint density at radius 2 is 1.40 bits per heavy atom. The van der Waals surface area contributed by atoms with E-state index < -0.39 is 5.91 Å². The molecule has 5 nitrogen and oxygen atoms in total. The summed E-state index contributed by atoms with van der Waals surface area (Å²) in [5.41, 5.74) is 7.03. The van der Waals surface area contributed by atoms with Crippen molar-refractivity contribution in [2.45, 2.75) is 19.9 Å². The Hall–Kier alpha value is -3.67. The van der Waals surface area contributed by atoms with Crippen molar-refractivity contribution in [3.63, 3.8) is 0 Å². The molecule has 1 atom stereocenters. The standard InChI is InChI=1S/C24H23FN2O3/c1-3-27(16(2)17-4-10-20(25)11-5-17)24(29)19-8-14-22(15-9-19)30-21-12-6-18(7-13-21)23(26)28/h4-16H,3H2,1-2H3,(H2,26,28). The lowest BCUT2D eigenvalue weighted by atomic mass is 10.1. The maximum atomic E-state index is 13.2. The number of primary amides is 1. The van der Waals surface area contributed by atoms with Gasteiger partial charge < -0.3 is 15.4 Å². The summed E-state index contributed by atoms with van der Waals surface area (Å²) in [5, 5.41) is 0. The lowest BCUT2D eigenvalue weighted by Crippen LogP contribution is -2.33. The van der Waals surface area contributed by atoms with Crippen molar-refractivity contribution in [2.24, 2.45) is 5.73 Å². The Morgan fingerprint density at radius 3 is 1.87 bits per heavy atom. The van der Waals surface area contributed by atoms with Crippen LogP contribution >= 0.6 is 0 Å². The van der Waals surface area contributed by atoms with Gasteiger partial charge in [-0.25, -0.2) is 4.39 Å². The number of nitrogens with two attached hydrogens (primary N) is 1. The summed E-state index contributed by atoms with van der Waals surface area (Å²) in [7, 11) is 0. The van der Waals surface area contributed by atoms with Crippen molar-refractivity contribution >= 4 is 11.8 Å². The molecule has 0 bridgehead atoms. The van der Waals surface area contributed by atoms with E-state index in [1.54, 1.807) is 65.6 Å². The van der Waals surface area contributed by atoms with E-state index in [4.69, 9.17) is 10.5 Å². The molecule has 0 saturated carbocycles. The molecule has 2 amide bonds. The van der Waals surface area contributed by atoms with Gasteiger partial charge in [0.05, 0.1) is 6.04 Å². The first-order valence-corrected chi connectivity index (χ1v) is 9.63. The molecule has 6 heteroatoms. The molecular weight excluding hydrogens is 383 g/mol. The van der Waals surface area contributed by atoms with Crippen LogP contribution in [-0.4, -0.2) is 23.3 Å². The van der Waals surface area contributed by atoms with Crippen molar-refractivity contribution in [3.8, 4) is 11.5 Å². The first-order valence-electron chi connectivity index (χ1n) is 9.63. The quantitative estimate of drug-likeness (QED) is 0.604. The number of amides is 2. The molecule has 0 fully saturated rings. The van der Waals surface area contributed by atoms with Gasteiger partial charge in [-0.3, -0.25) is 9.59 Å². The average molecular weight is 406 g/mol. The first-order chi connectivity index (χ1) is 14.4. The Morgan fingerprint density at radius 1 is 0.900 bits per heavy atom. The third-order valence-corrected chi connectivity index (χ3v) is 4.90. The zero-order chi connectivity index (χ0) is 21.7. The molecule has 1 unspecified atom stereocenters. The van der Waals surface area contributed by atoms with Crippen molar-refractivity contribution < 1.29 is 18.7 Å². The molecule has 0 spiro atoms. The molecule has 0 aliphatic carbocycles. The molecule has 0 radical (unpaired) electrons. The fourth-order valence-electron chi connectivity index (χ4n) is 3.17. The van der Waals surface area contributed by atoms with Gasteiger partial charge in [-0.2, -0.15) is 0 Å². The second kappa shape index (κ2) is 9.22. The van der Waals surface area contributed by atoms with Gasteiger partial charge >= 0.3 is 0 Å². The summed E-state index contributed by atoms with van der Waals surface area (Å²) in [6, 6.07) is 19.3. The average Bonchev–Trinajstić information content (AvgIpc) is 2.75. The number of benzene rings is 3. The monoisotopic (exact) mass is 406 g/mol. The number of carbonyl (C=O) groups is 2. The van der Waals surface area contributed by atoms with Crippen LogP contribution < -0.4 is 10.5 Å². The molecule has 0 aliphatic rings. The maximum Gasteiger partial charge on any atom is 0.254 e. The van der Waals surface area contributed by atoms with Crippen molar-refractivity contribution in [2.75, 3.05) is 6.54 Å². The fraction of sp³-hybridized carbons (Fsp3) is 0.167. The Bertz CT molecular complexity index is 1020. The number of hydrogen-bond acceptors (Lipinski definition) is 3. The highest BCUT2D eigenvalue weighted by Gasteiger charge is 2.21. The molecule has 3 aromatic carbocycles. The van der Waals surface area contributed by atoms with Crippen LogP contribution in [0.2, 0.25) is 0 Å². The lowest BCUT2D eigenvalue weighted by Gasteiger charge is -2.28. The first kappa shape index (κ1) is 21.0. The minimum atomic E-state index is -0.500. The summed E-state index contributed by atoms with van der Waals surface area (Å²) in [4.78, 5) is 25.9. The molecule has 0 aromatic heterocycles. The number of ether oxygens (including phenoxy) is 1. The molecule has 30 heavy (non-hydrogen) atoms. The van der Waals surface area contributed by atoms with E-state index in [0.29, 0.717) is 29.2 Å². The molecule has 3 aromatic rings. The van der Waals surface area contributed by atoms with Crippen LogP contribution in [-0.2, 0) is 0 Å².